The van der Waals surface area contributed by atoms with Crippen LogP contribution < -0.4 is 0 Å². The molecular formula is C23H24O2. The van der Waals surface area contributed by atoms with Gasteiger partial charge in [0.25, 0.3) is 0 Å². The molecular weight excluding hydrogens is 308 g/mol. The van der Waals surface area contributed by atoms with Crippen LogP contribution in [0.1, 0.15) is 45.8 Å². The predicted octanol–water partition coefficient (Wildman–Crippen LogP) is 6.03. The van der Waals surface area contributed by atoms with Gasteiger partial charge in [0.15, 0.2) is 0 Å². The highest BCUT2D eigenvalue weighted by Gasteiger charge is 2.64. The first-order chi connectivity index (χ1) is 11.8. The lowest BCUT2D eigenvalue weighted by molar-refractivity contribution is -0.156. The largest absolute Gasteiger partial charge is 0.457 e. The standard InChI is InChI=1S/C23H24O2/c1-15(25-21(24)23(4)14-22(23,2)3)19-11-7-10-18-12-16-8-5-6-9-17(16)13-20(18)19/h5-13,15H,14H2,1-4H3. The SMILES string of the molecule is CC(OC(=O)C1(C)CC1(C)C)c1cccc2cc3ccccc3cc12. The number of hydrogen-bond donors (Lipinski definition) is 0. The third-order valence-corrected chi connectivity index (χ3v) is 6.12. The summed E-state index contributed by atoms with van der Waals surface area (Å²) in [5.74, 6) is -0.0807. The number of carbonyl (C=O) groups excluding carboxylic acids is 1. The minimum atomic E-state index is -0.349. The van der Waals surface area contributed by atoms with E-state index in [1.807, 2.05) is 19.9 Å². The Labute approximate surface area is 148 Å². The molecule has 2 nitrogen and oxygen atoms in total. The van der Waals surface area contributed by atoms with Crippen molar-refractivity contribution in [3.63, 3.8) is 0 Å². The van der Waals surface area contributed by atoms with Gasteiger partial charge < -0.3 is 4.74 Å². The number of fused-ring (bicyclic) bond motifs is 2. The van der Waals surface area contributed by atoms with Crippen molar-refractivity contribution in [2.45, 2.75) is 40.2 Å². The number of benzene rings is 3. The number of rotatable bonds is 3. The van der Waals surface area contributed by atoms with Crippen LogP contribution in [-0.4, -0.2) is 5.97 Å². The van der Waals surface area contributed by atoms with Crippen molar-refractivity contribution in [1.82, 2.24) is 0 Å². The first-order valence-electron chi connectivity index (χ1n) is 8.94. The predicted molar refractivity (Wildman–Crippen MR) is 102 cm³/mol. The maximum absolute atomic E-state index is 12.7. The fraction of sp³-hybridized carbons (Fsp3) is 0.348. The molecule has 128 valence electrons. The molecule has 2 heteroatoms. The van der Waals surface area contributed by atoms with E-state index in [4.69, 9.17) is 4.74 Å². The lowest BCUT2D eigenvalue weighted by Gasteiger charge is -2.20. The van der Waals surface area contributed by atoms with Crippen molar-refractivity contribution in [3.8, 4) is 0 Å². The van der Waals surface area contributed by atoms with E-state index in [1.54, 1.807) is 0 Å². The van der Waals surface area contributed by atoms with Crippen LogP contribution in [0.5, 0.6) is 0 Å². The van der Waals surface area contributed by atoms with Gasteiger partial charge in [-0.15, -0.1) is 0 Å². The average molecular weight is 332 g/mol. The summed E-state index contributed by atoms with van der Waals surface area (Å²) in [5, 5.41) is 4.76. The highest BCUT2D eigenvalue weighted by Crippen LogP contribution is 2.64. The number of carbonyl (C=O) groups is 1. The van der Waals surface area contributed by atoms with E-state index in [9.17, 15) is 4.79 Å². The van der Waals surface area contributed by atoms with E-state index in [0.717, 1.165) is 17.4 Å². The monoisotopic (exact) mass is 332 g/mol. The van der Waals surface area contributed by atoms with Crippen LogP contribution in [-0.2, 0) is 9.53 Å². The Hall–Kier alpha value is -2.35. The lowest BCUT2D eigenvalue weighted by atomic mass is 9.96. The van der Waals surface area contributed by atoms with Gasteiger partial charge in [-0.05, 0) is 59.4 Å². The highest BCUT2D eigenvalue weighted by atomic mass is 16.5. The van der Waals surface area contributed by atoms with Gasteiger partial charge >= 0.3 is 5.97 Å². The number of hydrogen-bond acceptors (Lipinski definition) is 2. The zero-order valence-corrected chi connectivity index (χ0v) is 15.3. The van der Waals surface area contributed by atoms with Crippen molar-refractivity contribution >= 4 is 27.5 Å². The molecule has 25 heavy (non-hydrogen) atoms. The zero-order chi connectivity index (χ0) is 17.8. The molecule has 3 aromatic rings. The summed E-state index contributed by atoms with van der Waals surface area (Å²) >= 11 is 0. The fourth-order valence-corrected chi connectivity index (χ4v) is 3.89. The van der Waals surface area contributed by atoms with Crippen molar-refractivity contribution in [2.75, 3.05) is 0 Å². The van der Waals surface area contributed by atoms with Crippen LogP contribution in [0.3, 0.4) is 0 Å². The first-order valence-corrected chi connectivity index (χ1v) is 8.94. The molecule has 0 heterocycles. The van der Waals surface area contributed by atoms with Gasteiger partial charge in [0, 0.05) is 5.56 Å². The van der Waals surface area contributed by atoms with E-state index < -0.39 is 0 Å². The minimum absolute atomic E-state index is 0.0404. The first kappa shape index (κ1) is 16.1. The topological polar surface area (TPSA) is 26.3 Å². The maximum Gasteiger partial charge on any atom is 0.312 e. The summed E-state index contributed by atoms with van der Waals surface area (Å²) in [7, 11) is 0. The zero-order valence-electron chi connectivity index (χ0n) is 15.3. The molecule has 1 aliphatic rings. The molecule has 0 radical (unpaired) electrons. The van der Waals surface area contributed by atoms with E-state index in [1.165, 1.54) is 16.2 Å². The molecule has 0 spiro atoms. The molecule has 1 saturated carbocycles. The number of esters is 1. The van der Waals surface area contributed by atoms with Gasteiger partial charge in [0.1, 0.15) is 6.10 Å². The molecule has 0 N–H and O–H groups in total. The summed E-state index contributed by atoms with van der Waals surface area (Å²) in [6.07, 6.45) is 0.636. The molecule has 1 aliphatic carbocycles. The normalized spacial score (nSPS) is 22.7. The second kappa shape index (κ2) is 5.32. The molecule has 1 fully saturated rings. The second-order valence-corrected chi connectivity index (χ2v) is 8.21. The number of ether oxygens (including phenoxy) is 1. The molecule has 2 unspecified atom stereocenters. The molecule has 4 rings (SSSR count). The maximum atomic E-state index is 12.7. The van der Waals surface area contributed by atoms with Gasteiger partial charge in [-0.2, -0.15) is 0 Å². The summed E-state index contributed by atoms with van der Waals surface area (Å²) in [5.41, 5.74) is 0.760. The Balaban J connectivity index is 1.71. The van der Waals surface area contributed by atoms with Gasteiger partial charge in [0.2, 0.25) is 0 Å². The molecule has 0 aromatic heterocycles. The third kappa shape index (κ3) is 2.52. The Morgan fingerprint density at radius 2 is 1.56 bits per heavy atom. The summed E-state index contributed by atoms with van der Waals surface area (Å²) in [6, 6.07) is 19.0. The average Bonchev–Trinajstić information content (AvgIpc) is 3.11. The molecule has 0 amide bonds. The minimum Gasteiger partial charge on any atom is -0.457 e. The smallest absolute Gasteiger partial charge is 0.312 e. The molecule has 0 bridgehead atoms. The van der Waals surface area contributed by atoms with Crippen molar-refractivity contribution in [1.29, 1.82) is 0 Å². The van der Waals surface area contributed by atoms with Crippen LogP contribution in [0.15, 0.2) is 54.6 Å². The molecule has 0 saturated heterocycles. The van der Waals surface area contributed by atoms with Gasteiger partial charge in [-0.1, -0.05) is 56.3 Å². The van der Waals surface area contributed by atoms with Crippen molar-refractivity contribution < 1.29 is 9.53 Å². The lowest BCUT2D eigenvalue weighted by Crippen LogP contribution is -2.22. The van der Waals surface area contributed by atoms with Crippen LogP contribution >= 0.6 is 0 Å². The summed E-state index contributed by atoms with van der Waals surface area (Å²) in [6.45, 7) is 8.24. The van der Waals surface area contributed by atoms with Crippen LogP contribution in [0.2, 0.25) is 0 Å². The van der Waals surface area contributed by atoms with E-state index in [-0.39, 0.29) is 22.9 Å². The van der Waals surface area contributed by atoms with Gasteiger partial charge in [-0.3, -0.25) is 4.79 Å². The fourth-order valence-electron chi connectivity index (χ4n) is 3.89. The summed E-state index contributed by atoms with van der Waals surface area (Å²) < 4.78 is 5.88. The quantitative estimate of drug-likeness (QED) is 0.432. The summed E-state index contributed by atoms with van der Waals surface area (Å²) in [4.78, 5) is 12.7. The van der Waals surface area contributed by atoms with Gasteiger partial charge in [0.05, 0.1) is 5.41 Å². The van der Waals surface area contributed by atoms with Crippen LogP contribution in [0.4, 0.5) is 0 Å². The molecule has 0 aliphatic heterocycles. The Morgan fingerprint density at radius 3 is 2.20 bits per heavy atom. The molecule has 3 aromatic carbocycles. The van der Waals surface area contributed by atoms with E-state index in [0.29, 0.717) is 0 Å². The van der Waals surface area contributed by atoms with Gasteiger partial charge in [-0.25, -0.2) is 0 Å². The Bertz CT molecular complexity index is 986. The van der Waals surface area contributed by atoms with Crippen LogP contribution in [0.25, 0.3) is 21.5 Å². The van der Waals surface area contributed by atoms with E-state index in [2.05, 4.69) is 62.4 Å². The second-order valence-electron chi connectivity index (χ2n) is 8.21. The highest BCUT2D eigenvalue weighted by molar-refractivity contribution is 5.99. The Kier molecular flexibility index (Phi) is 3.44. The Morgan fingerprint density at radius 1 is 0.960 bits per heavy atom. The van der Waals surface area contributed by atoms with Crippen molar-refractivity contribution in [3.05, 3.63) is 60.2 Å². The van der Waals surface area contributed by atoms with Crippen molar-refractivity contribution in [2.24, 2.45) is 10.8 Å². The van der Waals surface area contributed by atoms with E-state index >= 15 is 0 Å². The third-order valence-electron chi connectivity index (χ3n) is 6.12. The molecule has 2 atom stereocenters. The van der Waals surface area contributed by atoms with Crippen LogP contribution in [0, 0.1) is 10.8 Å².